The largest absolute Gasteiger partial charge is 0.495 e. The molecule has 134 valence electrons. The van der Waals surface area contributed by atoms with Crippen LogP contribution in [-0.2, 0) is 0 Å². The second-order valence-electron chi connectivity index (χ2n) is 6.45. The first-order chi connectivity index (χ1) is 12.7. The SMILES string of the molecule is COc1ccccc1N1CCN(C(N)=O)C(c2c[nH]c3ccccc23)C1. The predicted molar refractivity (Wildman–Crippen MR) is 103 cm³/mol. The fraction of sp³-hybridized carbons (Fsp3) is 0.250. The summed E-state index contributed by atoms with van der Waals surface area (Å²) in [5.74, 6) is 0.831. The van der Waals surface area contributed by atoms with Crippen molar-refractivity contribution in [2.45, 2.75) is 6.04 Å². The van der Waals surface area contributed by atoms with Crippen LogP contribution in [0.25, 0.3) is 10.9 Å². The van der Waals surface area contributed by atoms with Crippen molar-refractivity contribution >= 4 is 22.6 Å². The highest BCUT2D eigenvalue weighted by Crippen LogP contribution is 2.35. The van der Waals surface area contributed by atoms with Gasteiger partial charge in [0.25, 0.3) is 0 Å². The van der Waals surface area contributed by atoms with Crippen LogP contribution in [0.5, 0.6) is 5.75 Å². The number of fused-ring (bicyclic) bond motifs is 1. The van der Waals surface area contributed by atoms with Gasteiger partial charge in [-0.15, -0.1) is 0 Å². The summed E-state index contributed by atoms with van der Waals surface area (Å²) in [6, 6.07) is 15.6. The number of primary amides is 1. The number of H-pyrrole nitrogens is 1. The second-order valence-corrected chi connectivity index (χ2v) is 6.45. The number of methoxy groups -OCH3 is 1. The number of piperazine rings is 1. The van der Waals surface area contributed by atoms with Crippen LogP contribution in [-0.4, -0.2) is 42.7 Å². The van der Waals surface area contributed by atoms with Gasteiger partial charge in [-0.05, 0) is 18.2 Å². The Bertz CT molecular complexity index is 936. The van der Waals surface area contributed by atoms with E-state index in [9.17, 15) is 4.79 Å². The number of nitrogens with one attached hydrogen (secondary N) is 1. The van der Waals surface area contributed by atoms with Crippen molar-refractivity contribution in [3.8, 4) is 5.75 Å². The first-order valence-corrected chi connectivity index (χ1v) is 8.69. The van der Waals surface area contributed by atoms with Gasteiger partial charge in [0.1, 0.15) is 5.75 Å². The molecule has 6 heteroatoms. The van der Waals surface area contributed by atoms with E-state index in [1.807, 2.05) is 48.7 Å². The van der Waals surface area contributed by atoms with Gasteiger partial charge in [0, 0.05) is 42.3 Å². The monoisotopic (exact) mass is 350 g/mol. The molecule has 1 aliphatic heterocycles. The third-order valence-corrected chi connectivity index (χ3v) is 5.07. The maximum atomic E-state index is 12.1. The molecule has 1 aliphatic rings. The molecular formula is C20H22N4O2. The summed E-state index contributed by atoms with van der Waals surface area (Å²) in [4.78, 5) is 19.4. The fourth-order valence-corrected chi connectivity index (χ4v) is 3.79. The average molecular weight is 350 g/mol. The van der Waals surface area contributed by atoms with E-state index in [4.69, 9.17) is 10.5 Å². The first kappa shape index (κ1) is 16.3. The molecule has 1 aromatic heterocycles. The number of urea groups is 1. The van der Waals surface area contributed by atoms with E-state index in [2.05, 4.69) is 16.0 Å². The Labute approximate surface area is 152 Å². The van der Waals surface area contributed by atoms with Gasteiger partial charge < -0.3 is 25.3 Å². The summed E-state index contributed by atoms with van der Waals surface area (Å²) in [5.41, 5.74) is 8.85. The van der Waals surface area contributed by atoms with Gasteiger partial charge in [0.05, 0.1) is 18.8 Å². The number of aromatic nitrogens is 1. The number of amides is 2. The molecule has 6 nitrogen and oxygen atoms in total. The summed E-state index contributed by atoms with van der Waals surface area (Å²) in [6.07, 6.45) is 1.98. The van der Waals surface area contributed by atoms with Crippen molar-refractivity contribution in [3.05, 3.63) is 60.3 Å². The van der Waals surface area contributed by atoms with Crippen LogP contribution in [0.4, 0.5) is 10.5 Å². The Morgan fingerprint density at radius 1 is 1.15 bits per heavy atom. The summed E-state index contributed by atoms with van der Waals surface area (Å²) in [6.45, 7) is 1.94. The molecule has 3 N–H and O–H groups in total. The van der Waals surface area contributed by atoms with Crippen LogP contribution in [0.2, 0.25) is 0 Å². The van der Waals surface area contributed by atoms with Gasteiger partial charge in [-0.2, -0.15) is 0 Å². The number of nitrogens with zero attached hydrogens (tertiary/aromatic N) is 2. The van der Waals surface area contributed by atoms with Gasteiger partial charge in [-0.3, -0.25) is 0 Å². The van der Waals surface area contributed by atoms with Crippen molar-refractivity contribution in [2.75, 3.05) is 31.6 Å². The number of carbonyl (C=O) groups excluding carboxylic acids is 1. The van der Waals surface area contributed by atoms with Crippen molar-refractivity contribution in [3.63, 3.8) is 0 Å². The average Bonchev–Trinajstić information content (AvgIpc) is 3.11. The second kappa shape index (κ2) is 6.63. The molecular weight excluding hydrogens is 328 g/mol. The van der Waals surface area contributed by atoms with Crippen molar-refractivity contribution in [1.29, 1.82) is 0 Å². The Hall–Kier alpha value is -3.15. The Balaban J connectivity index is 1.73. The number of hydrogen-bond acceptors (Lipinski definition) is 3. The summed E-state index contributed by atoms with van der Waals surface area (Å²) in [7, 11) is 1.68. The molecule has 2 heterocycles. The van der Waals surface area contributed by atoms with Crippen LogP contribution in [0, 0.1) is 0 Å². The third kappa shape index (κ3) is 2.73. The number of para-hydroxylation sites is 3. The lowest BCUT2D eigenvalue weighted by molar-refractivity contribution is 0.175. The molecule has 26 heavy (non-hydrogen) atoms. The molecule has 1 unspecified atom stereocenters. The molecule has 0 spiro atoms. The minimum absolute atomic E-state index is 0.123. The number of anilines is 1. The number of rotatable bonds is 3. The summed E-state index contributed by atoms with van der Waals surface area (Å²) >= 11 is 0. The zero-order chi connectivity index (χ0) is 18.1. The lowest BCUT2D eigenvalue weighted by Gasteiger charge is -2.42. The van der Waals surface area contributed by atoms with E-state index in [1.165, 1.54) is 0 Å². The molecule has 2 aromatic carbocycles. The highest BCUT2D eigenvalue weighted by molar-refractivity contribution is 5.84. The molecule has 0 aliphatic carbocycles. The molecule has 1 saturated heterocycles. The number of hydrogen-bond donors (Lipinski definition) is 2. The minimum Gasteiger partial charge on any atom is -0.495 e. The Morgan fingerprint density at radius 3 is 2.73 bits per heavy atom. The highest BCUT2D eigenvalue weighted by atomic mass is 16.5. The van der Waals surface area contributed by atoms with Gasteiger partial charge in [-0.25, -0.2) is 4.79 Å². The third-order valence-electron chi connectivity index (χ3n) is 5.07. The summed E-state index contributed by atoms with van der Waals surface area (Å²) < 4.78 is 5.52. The number of nitrogens with two attached hydrogens (primary N) is 1. The van der Waals surface area contributed by atoms with Gasteiger partial charge in [0.2, 0.25) is 0 Å². The van der Waals surface area contributed by atoms with Crippen LogP contribution < -0.4 is 15.4 Å². The van der Waals surface area contributed by atoms with Crippen LogP contribution >= 0.6 is 0 Å². The topological polar surface area (TPSA) is 74.6 Å². The molecule has 1 fully saturated rings. The maximum absolute atomic E-state index is 12.1. The lowest BCUT2D eigenvalue weighted by Crippen LogP contribution is -2.52. The van der Waals surface area contributed by atoms with Crippen molar-refractivity contribution in [2.24, 2.45) is 5.73 Å². The molecule has 0 bridgehead atoms. The van der Waals surface area contributed by atoms with E-state index >= 15 is 0 Å². The highest BCUT2D eigenvalue weighted by Gasteiger charge is 2.32. The fourth-order valence-electron chi connectivity index (χ4n) is 3.79. The van der Waals surface area contributed by atoms with E-state index < -0.39 is 0 Å². The normalized spacial score (nSPS) is 17.5. The smallest absolute Gasteiger partial charge is 0.315 e. The van der Waals surface area contributed by atoms with Crippen LogP contribution in [0.3, 0.4) is 0 Å². The maximum Gasteiger partial charge on any atom is 0.315 e. The molecule has 0 saturated carbocycles. The molecule has 3 aromatic rings. The Morgan fingerprint density at radius 2 is 1.92 bits per heavy atom. The van der Waals surface area contributed by atoms with Gasteiger partial charge >= 0.3 is 6.03 Å². The van der Waals surface area contributed by atoms with E-state index in [0.29, 0.717) is 19.6 Å². The minimum atomic E-state index is -0.389. The standard InChI is InChI=1S/C20H22N4O2/c1-26-19-9-5-4-8-17(19)23-10-11-24(20(21)25)18(13-23)15-12-22-16-7-3-2-6-14(15)16/h2-9,12,18,22H,10-11,13H2,1H3,(H2,21,25). The molecule has 1 atom stereocenters. The van der Waals surface area contributed by atoms with E-state index in [-0.39, 0.29) is 12.1 Å². The van der Waals surface area contributed by atoms with E-state index in [0.717, 1.165) is 27.9 Å². The first-order valence-electron chi connectivity index (χ1n) is 8.69. The number of benzene rings is 2. The quantitative estimate of drug-likeness (QED) is 0.762. The number of carbonyl (C=O) groups is 1. The van der Waals surface area contributed by atoms with Crippen molar-refractivity contribution in [1.82, 2.24) is 9.88 Å². The van der Waals surface area contributed by atoms with Gasteiger partial charge in [-0.1, -0.05) is 30.3 Å². The predicted octanol–water partition coefficient (Wildman–Crippen LogP) is 3.12. The van der Waals surface area contributed by atoms with Gasteiger partial charge in [0.15, 0.2) is 0 Å². The number of aromatic amines is 1. The summed E-state index contributed by atoms with van der Waals surface area (Å²) in [5, 5.41) is 1.12. The zero-order valence-corrected chi connectivity index (χ0v) is 14.7. The molecule has 2 amide bonds. The van der Waals surface area contributed by atoms with E-state index in [1.54, 1.807) is 12.0 Å². The lowest BCUT2D eigenvalue weighted by atomic mass is 10.0. The van der Waals surface area contributed by atoms with Crippen molar-refractivity contribution < 1.29 is 9.53 Å². The Kier molecular flexibility index (Phi) is 4.16. The number of ether oxygens (including phenoxy) is 1. The zero-order valence-electron chi connectivity index (χ0n) is 14.7. The molecule has 4 rings (SSSR count). The molecule has 0 radical (unpaired) electrons. The van der Waals surface area contributed by atoms with Crippen LogP contribution in [0.15, 0.2) is 54.7 Å². The van der Waals surface area contributed by atoms with Crippen LogP contribution in [0.1, 0.15) is 11.6 Å².